The lowest BCUT2D eigenvalue weighted by Gasteiger charge is -1.99. The van der Waals surface area contributed by atoms with Gasteiger partial charge in [-0.25, -0.2) is 0 Å². The van der Waals surface area contributed by atoms with Crippen LogP contribution >= 0.6 is 23.4 Å². The van der Waals surface area contributed by atoms with E-state index >= 15 is 0 Å². The highest BCUT2D eigenvalue weighted by molar-refractivity contribution is 7.99. The number of hydrogen-bond acceptors (Lipinski definition) is 5. The van der Waals surface area contributed by atoms with Gasteiger partial charge in [-0.1, -0.05) is 41.6 Å². The molecule has 0 bridgehead atoms. The van der Waals surface area contributed by atoms with Gasteiger partial charge in [0.2, 0.25) is 5.89 Å². The Kier molecular flexibility index (Phi) is 4.53. The first kappa shape index (κ1) is 16.9. The van der Waals surface area contributed by atoms with Gasteiger partial charge in [0.05, 0.1) is 5.75 Å². The molecule has 0 saturated heterocycles. The number of aromatic nitrogens is 3. The summed E-state index contributed by atoms with van der Waals surface area (Å²) in [5.41, 5.74) is 3.32. The highest BCUT2D eigenvalue weighted by Crippen LogP contribution is 2.27. The Morgan fingerprint density at radius 3 is 2.73 bits per heavy atom. The number of halogens is 1. The molecular formula is C19H14ClN3O2S. The number of Topliss-reactive ketones (excluding diaryl/α,β-unsaturated/α-hetero) is 1. The van der Waals surface area contributed by atoms with Gasteiger partial charge in [0.15, 0.2) is 5.78 Å². The minimum atomic E-state index is 0.0243. The second-order valence-electron chi connectivity index (χ2n) is 5.76. The number of rotatable bonds is 5. The summed E-state index contributed by atoms with van der Waals surface area (Å²) >= 11 is 7.11. The summed E-state index contributed by atoms with van der Waals surface area (Å²) in [6.07, 6.45) is 0. The highest BCUT2D eigenvalue weighted by atomic mass is 35.5. The Hall–Kier alpha value is -2.57. The second-order valence-corrected chi connectivity index (χ2v) is 7.13. The van der Waals surface area contributed by atoms with Gasteiger partial charge in [-0.3, -0.25) is 4.79 Å². The van der Waals surface area contributed by atoms with Crippen LogP contribution in [0.25, 0.3) is 22.4 Å². The van der Waals surface area contributed by atoms with E-state index in [1.807, 2.05) is 43.3 Å². The molecule has 2 aromatic heterocycles. The van der Waals surface area contributed by atoms with Crippen LogP contribution in [0.4, 0.5) is 0 Å². The van der Waals surface area contributed by atoms with E-state index in [0.717, 1.165) is 22.2 Å². The Morgan fingerprint density at radius 2 is 1.92 bits per heavy atom. The van der Waals surface area contributed by atoms with E-state index in [0.29, 0.717) is 21.7 Å². The quantitative estimate of drug-likeness (QED) is 0.381. The third-order valence-electron chi connectivity index (χ3n) is 4.00. The van der Waals surface area contributed by atoms with E-state index in [1.165, 1.54) is 11.8 Å². The fourth-order valence-electron chi connectivity index (χ4n) is 2.81. The molecule has 0 unspecified atom stereocenters. The van der Waals surface area contributed by atoms with E-state index in [4.69, 9.17) is 16.0 Å². The maximum atomic E-state index is 12.7. The number of carbonyl (C=O) groups excluding carboxylic acids is 1. The average Bonchev–Trinajstić information content (AvgIpc) is 3.24. The smallest absolute Gasteiger partial charge is 0.277 e. The summed E-state index contributed by atoms with van der Waals surface area (Å²) in [6, 6.07) is 14.9. The highest BCUT2D eigenvalue weighted by Gasteiger charge is 2.17. The fraction of sp³-hybridized carbons (Fsp3) is 0.105. The molecule has 0 spiro atoms. The van der Waals surface area contributed by atoms with Gasteiger partial charge in [0, 0.05) is 32.7 Å². The summed E-state index contributed by atoms with van der Waals surface area (Å²) in [6.45, 7) is 1.91. The third-order valence-corrected chi connectivity index (χ3v) is 5.07. The van der Waals surface area contributed by atoms with Crippen LogP contribution in [0.1, 0.15) is 16.1 Å². The fourth-order valence-corrected chi connectivity index (χ4v) is 3.57. The van der Waals surface area contributed by atoms with Crippen molar-refractivity contribution in [2.24, 2.45) is 0 Å². The van der Waals surface area contributed by atoms with Crippen LogP contribution in [0.5, 0.6) is 0 Å². The summed E-state index contributed by atoms with van der Waals surface area (Å²) < 4.78 is 5.63. The Balaban J connectivity index is 1.50. The SMILES string of the molecule is Cc1[nH]c2ccccc2c1C(=O)CSc1nnc(-c2ccc(Cl)cc2)o1. The zero-order valence-corrected chi connectivity index (χ0v) is 15.4. The molecular weight excluding hydrogens is 370 g/mol. The molecule has 1 N–H and O–H groups in total. The van der Waals surface area contributed by atoms with Crippen molar-refractivity contribution in [2.45, 2.75) is 12.1 Å². The topological polar surface area (TPSA) is 71.8 Å². The van der Waals surface area contributed by atoms with Crippen molar-refractivity contribution in [2.75, 3.05) is 5.75 Å². The van der Waals surface area contributed by atoms with Crippen LogP contribution in [-0.2, 0) is 0 Å². The lowest BCUT2D eigenvalue weighted by Crippen LogP contribution is -2.03. The molecule has 4 aromatic rings. The minimum Gasteiger partial charge on any atom is -0.411 e. The largest absolute Gasteiger partial charge is 0.411 e. The van der Waals surface area contributed by atoms with Gasteiger partial charge in [0.25, 0.3) is 5.22 Å². The molecule has 0 radical (unpaired) electrons. The first-order valence-electron chi connectivity index (χ1n) is 7.94. The number of thioether (sulfide) groups is 1. The number of aryl methyl sites for hydroxylation is 1. The molecule has 0 atom stereocenters. The molecule has 7 heteroatoms. The van der Waals surface area contributed by atoms with Crippen molar-refractivity contribution < 1.29 is 9.21 Å². The third kappa shape index (κ3) is 3.25. The van der Waals surface area contributed by atoms with Gasteiger partial charge in [-0.2, -0.15) is 0 Å². The molecule has 2 aromatic carbocycles. The number of aromatic amines is 1. The molecule has 4 rings (SSSR count). The molecule has 0 fully saturated rings. The van der Waals surface area contributed by atoms with Crippen LogP contribution in [0.2, 0.25) is 5.02 Å². The molecule has 0 aliphatic rings. The number of carbonyl (C=O) groups is 1. The van der Waals surface area contributed by atoms with E-state index < -0.39 is 0 Å². The first-order valence-corrected chi connectivity index (χ1v) is 9.31. The van der Waals surface area contributed by atoms with Crippen LogP contribution < -0.4 is 0 Å². The standard InChI is InChI=1S/C19H14ClN3O2S/c1-11-17(14-4-2-3-5-15(14)21-11)16(24)10-26-19-23-22-18(25-19)12-6-8-13(20)9-7-12/h2-9,21H,10H2,1H3. The van der Waals surface area contributed by atoms with Crippen molar-refractivity contribution in [1.29, 1.82) is 0 Å². The number of ketones is 1. The predicted octanol–water partition coefficient (Wildman–Crippen LogP) is 5.15. The second kappa shape index (κ2) is 6.97. The Bertz CT molecular complexity index is 1090. The zero-order chi connectivity index (χ0) is 18.1. The van der Waals surface area contributed by atoms with Crippen molar-refractivity contribution in [3.63, 3.8) is 0 Å². The number of nitrogens with zero attached hydrogens (tertiary/aromatic N) is 2. The van der Waals surface area contributed by atoms with Crippen molar-refractivity contribution >= 4 is 40.0 Å². The molecule has 130 valence electrons. The zero-order valence-electron chi connectivity index (χ0n) is 13.8. The van der Waals surface area contributed by atoms with Gasteiger partial charge in [-0.05, 0) is 37.3 Å². The van der Waals surface area contributed by atoms with Crippen molar-refractivity contribution in [1.82, 2.24) is 15.2 Å². The summed E-state index contributed by atoms with van der Waals surface area (Å²) in [5, 5.41) is 9.97. The number of fused-ring (bicyclic) bond motifs is 1. The van der Waals surface area contributed by atoms with Crippen molar-refractivity contribution in [3.8, 4) is 11.5 Å². The molecule has 2 heterocycles. The summed E-state index contributed by atoms with van der Waals surface area (Å²) in [7, 11) is 0. The molecule has 0 aliphatic heterocycles. The summed E-state index contributed by atoms with van der Waals surface area (Å²) in [5.74, 6) is 0.654. The monoisotopic (exact) mass is 383 g/mol. The number of nitrogens with one attached hydrogen (secondary N) is 1. The van der Waals surface area contributed by atoms with Crippen molar-refractivity contribution in [3.05, 3.63) is 64.8 Å². The maximum Gasteiger partial charge on any atom is 0.277 e. The predicted molar refractivity (Wildman–Crippen MR) is 103 cm³/mol. The molecule has 0 saturated carbocycles. The minimum absolute atomic E-state index is 0.0243. The van der Waals surface area contributed by atoms with Gasteiger partial charge < -0.3 is 9.40 Å². The van der Waals surface area contributed by atoms with Gasteiger partial charge in [0.1, 0.15) is 0 Å². The molecule has 26 heavy (non-hydrogen) atoms. The van der Waals surface area contributed by atoms with E-state index in [-0.39, 0.29) is 11.5 Å². The van der Waals surface area contributed by atoms with E-state index in [1.54, 1.807) is 12.1 Å². The number of para-hydroxylation sites is 1. The number of benzene rings is 2. The van der Waals surface area contributed by atoms with E-state index in [9.17, 15) is 4.79 Å². The number of H-pyrrole nitrogens is 1. The average molecular weight is 384 g/mol. The Morgan fingerprint density at radius 1 is 1.15 bits per heavy atom. The van der Waals surface area contributed by atoms with Crippen LogP contribution in [0, 0.1) is 6.92 Å². The summed E-state index contributed by atoms with van der Waals surface area (Å²) in [4.78, 5) is 15.9. The Labute approximate surface area is 158 Å². The first-order chi connectivity index (χ1) is 12.6. The maximum absolute atomic E-state index is 12.7. The van der Waals surface area contributed by atoms with Crippen LogP contribution in [-0.4, -0.2) is 26.7 Å². The lowest BCUT2D eigenvalue weighted by atomic mass is 10.1. The van der Waals surface area contributed by atoms with Crippen LogP contribution in [0.15, 0.2) is 58.2 Å². The molecule has 0 aliphatic carbocycles. The molecule has 0 amide bonds. The van der Waals surface area contributed by atoms with Crippen LogP contribution in [0.3, 0.4) is 0 Å². The van der Waals surface area contributed by atoms with Gasteiger partial charge >= 0.3 is 0 Å². The normalized spacial score (nSPS) is 11.2. The van der Waals surface area contributed by atoms with E-state index in [2.05, 4.69) is 15.2 Å². The van der Waals surface area contributed by atoms with Gasteiger partial charge in [-0.15, -0.1) is 10.2 Å². The number of hydrogen-bond donors (Lipinski definition) is 1. The molecule has 5 nitrogen and oxygen atoms in total. The lowest BCUT2D eigenvalue weighted by molar-refractivity contribution is 0.102.